The van der Waals surface area contributed by atoms with E-state index in [0.29, 0.717) is 0 Å². The van der Waals surface area contributed by atoms with Crippen LogP contribution in [-0.4, -0.2) is 5.11 Å². The number of unbranched alkanes of at least 4 members (excludes halogenated alkanes) is 3. The summed E-state index contributed by atoms with van der Waals surface area (Å²) in [7, 11) is 0. The van der Waals surface area contributed by atoms with Crippen molar-refractivity contribution in [2.75, 3.05) is 0 Å². The van der Waals surface area contributed by atoms with E-state index in [0.717, 1.165) is 12.8 Å². The number of benzene rings is 1. The van der Waals surface area contributed by atoms with Crippen molar-refractivity contribution in [3.05, 3.63) is 34.4 Å². The largest absolute Gasteiger partial charge is 0.388 e. The maximum absolute atomic E-state index is 10.8. The van der Waals surface area contributed by atoms with E-state index in [-0.39, 0.29) is 12.0 Å². The van der Waals surface area contributed by atoms with Gasteiger partial charge in [0, 0.05) is 0 Å². The minimum absolute atomic E-state index is 0.275. The van der Waals surface area contributed by atoms with E-state index in [9.17, 15) is 5.11 Å². The number of rotatable bonds is 11. The van der Waals surface area contributed by atoms with Crippen molar-refractivity contribution in [2.24, 2.45) is 5.92 Å². The first-order chi connectivity index (χ1) is 11.0. The molecule has 132 valence electrons. The van der Waals surface area contributed by atoms with Crippen LogP contribution in [0.3, 0.4) is 0 Å². The van der Waals surface area contributed by atoms with Gasteiger partial charge in [0.1, 0.15) is 0 Å². The summed E-state index contributed by atoms with van der Waals surface area (Å²) in [6.45, 7) is 11.0. The molecule has 1 N–H and O–H groups in total. The van der Waals surface area contributed by atoms with Gasteiger partial charge >= 0.3 is 0 Å². The molecule has 0 heterocycles. The second kappa shape index (κ2) is 10.9. The molecule has 0 fully saturated rings. The van der Waals surface area contributed by atoms with Crippen molar-refractivity contribution in [2.45, 2.75) is 98.5 Å². The highest BCUT2D eigenvalue weighted by atomic mass is 16.3. The highest BCUT2D eigenvalue weighted by molar-refractivity contribution is 5.41. The monoisotopic (exact) mass is 318 g/mol. The van der Waals surface area contributed by atoms with Crippen molar-refractivity contribution < 1.29 is 5.11 Å². The fraction of sp³-hybridized carbons (Fsp3) is 0.727. The summed E-state index contributed by atoms with van der Waals surface area (Å²) < 4.78 is 0. The van der Waals surface area contributed by atoms with E-state index < -0.39 is 0 Å². The van der Waals surface area contributed by atoms with Crippen molar-refractivity contribution in [3.63, 3.8) is 0 Å². The molecular formula is C22H38O. The number of hydrogen-bond donors (Lipinski definition) is 1. The summed E-state index contributed by atoms with van der Waals surface area (Å²) in [6.07, 6.45) is 10.4. The van der Waals surface area contributed by atoms with Gasteiger partial charge in [-0.15, -0.1) is 0 Å². The fourth-order valence-corrected chi connectivity index (χ4v) is 3.24. The van der Waals surface area contributed by atoms with Crippen LogP contribution < -0.4 is 0 Å². The van der Waals surface area contributed by atoms with E-state index in [2.05, 4.69) is 46.8 Å². The van der Waals surface area contributed by atoms with Crippen LogP contribution in [0, 0.1) is 5.92 Å². The molecule has 0 aliphatic heterocycles. The average molecular weight is 319 g/mol. The fourth-order valence-electron chi connectivity index (χ4n) is 3.24. The molecule has 0 bridgehead atoms. The Morgan fingerprint density at radius 3 is 1.61 bits per heavy atom. The lowest BCUT2D eigenvalue weighted by molar-refractivity contribution is 0.125. The third-order valence-electron chi connectivity index (χ3n) is 4.76. The molecule has 1 unspecified atom stereocenters. The summed E-state index contributed by atoms with van der Waals surface area (Å²) in [4.78, 5) is 0. The van der Waals surface area contributed by atoms with Crippen LogP contribution in [0.1, 0.15) is 102 Å². The standard InChI is InChI=1S/C22H38O/c1-6-9-12-18-15-19(13-10-7-2)21(22(23)17(4)5)20(16-18)14-11-8-3/h15-17,22-23H,6-14H2,1-5H3. The van der Waals surface area contributed by atoms with Crippen LogP contribution in [0.4, 0.5) is 0 Å². The molecule has 0 aromatic heterocycles. The van der Waals surface area contributed by atoms with Crippen LogP contribution in [-0.2, 0) is 19.3 Å². The molecule has 1 nitrogen and oxygen atoms in total. The van der Waals surface area contributed by atoms with E-state index in [1.807, 2.05) is 0 Å². The lowest BCUT2D eigenvalue weighted by Gasteiger charge is -2.24. The van der Waals surface area contributed by atoms with Gasteiger partial charge in [-0.05, 0) is 66.7 Å². The molecule has 0 spiro atoms. The topological polar surface area (TPSA) is 20.2 Å². The smallest absolute Gasteiger partial charge is 0.0818 e. The first kappa shape index (κ1) is 20.2. The molecule has 1 heteroatoms. The summed E-state index contributed by atoms with van der Waals surface area (Å²) in [5.41, 5.74) is 5.55. The minimum atomic E-state index is -0.325. The van der Waals surface area contributed by atoms with Gasteiger partial charge in [-0.25, -0.2) is 0 Å². The first-order valence-corrected chi connectivity index (χ1v) is 9.87. The summed E-state index contributed by atoms with van der Waals surface area (Å²) in [6, 6.07) is 4.78. The lowest BCUT2D eigenvalue weighted by atomic mass is 9.84. The SMILES string of the molecule is CCCCc1cc(CCCC)c(C(O)C(C)C)c(CCCC)c1. The van der Waals surface area contributed by atoms with Crippen molar-refractivity contribution >= 4 is 0 Å². The van der Waals surface area contributed by atoms with Crippen molar-refractivity contribution in [1.82, 2.24) is 0 Å². The quantitative estimate of drug-likeness (QED) is 0.500. The van der Waals surface area contributed by atoms with E-state index in [1.54, 1.807) is 0 Å². The van der Waals surface area contributed by atoms with Gasteiger partial charge in [-0.2, -0.15) is 0 Å². The molecule has 1 aromatic rings. The summed E-state index contributed by atoms with van der Waals surface area (Å²) in [5, 5.41) is 10.8. The number of aliphatic hydroxyl groups excluding tert-OH is 1. The zero-order chi connectivity index (χ0) is 17.2. The summed E-state index contributed by atoms with van der Waals surface area (Å²) >= 11 is 0. The average Bonchev–Trinajstić information content (AvgIpc) is 2.55. The molecule has 0 saturated carbocycles. The normalized spacial score (nSPS) is 12.8. The van der Waals surface area contributed by atoms with Crippen LogP contribution in [0.5, 0.6) is 0 Å². The Morgan fingerprint density at radius 2 is 1.22 bits per heavy atom. The van der Waals surface area contributed by atoms with Gasteiger partial charge in [0.25, 0.3) is 0 Å². The Balaban J connectivity index is 3.26. The van der Waals surface area contributed by atoms with Gasteiger partial charge < -0.3 is 5.11 Å². The second-order valence-electron chi connectivity index (χ2n) is 7.33. The maximum Gasteiger partial charge on any atom is 0.0818 e. The van der Waals surface area contributed by atoms with Crippen LogP contribution in [0.15, 0.2) is 12.1 Å². The van der Waals surface area contributed by atoms with Gasteiger partial charge in [-0.3, -0.25) is 0 Å². The first-order valence-electron chi connectivity index (χ1n) is 9.87. The zero-order valence-corrected chi connectivity index (χ0v) is 16.1. The molecule has 0 amide bonds. The molecule has 1 atom stereocenters. The second-order valence-corrected chi connectivity index (χ2v) is 7.33. The third kappa shape index (κ3) is 6.30. The molecule has 0 saturated heterocycles. The molecule has 1 aromatic carbocycles. The predicted octanol–water partition coefficient (Wildman–Crippen LogP) is 6.40. The highest BCUT2D eigenvalue weighted by Gasteiger charge is 2.20. The van der Waals surface area contributed by atoms with Gasteiger partial charge in [0.2, 0.25) is 0 Å². The Kier molecular flexibility index (Phi) is 9.55. The molecule has 0 radical (unpaired) electrons. The van der Waals surface area contributed by atoms with Gasteiger partial charge in [0.15, 0.2) is 0 Å². The molecular weight excluding hydrogens is 280 g/mol. The lowest BCUT2D eigenvalue weighted by Crippen LogP contribution is -2.13. The third-order valence-corrected chi connectivity index (χ3v) is 4.76. The Labute approximate surface area is 144 Å². The number of aliphatic hydroxyl groups is 1. The maximum atomic E-state index is 10.8. The van der Waals surface area contributed by atoms with Gasteiger partial charge in [-0.1, -0.05) is 66.0 Å². The molecule has 0 aliphatic carbocycles. The van der Waals surface area contributed by atoms with Crippen LogP contribution in [0.25, 0.3) is 0 Å². The van der Waals surface area contributed by atoms with Gasteiger partial charge in [0.05, 0.1) is 6.10 Å². The van der Waals surface area contributed by atoms with E-state index >= 15 is 0 Å². The Morgan fingerprint density at radius 1 is 0.783 bits per heavy atom. The number of hydrogen-bond acceptors (Lipinski definition) is 1. The predicted molar refractivity (Wildman–Crippen MR) is 102 cm³/mol. The zero-order valence-electron chi connectivity index (χ0n) is 16.1. The van der Waals surface area contributed by atoms with Crippen molar-refractivity contribution in [1.29, 1.82) is 0 Å². The minimum Gasteiger partial charge on any atom is -0.388 e. The van der Waals surface area contributed by atoms with Crippen LogP contribution in [0.2, 0.25) is 0 Å². The molecule has 23 heavy (non-hydrogen) atoms. The van der Waals surface area contributed by atoms with Crippen molar-refractivity contribution in [3.8, 4) is 0 Å². The molecule has 1 rings (SSSR count). The Bertz CT molecular complexity index is 418. The molecule has 0 aliphatic rings. The van der Waals surface area contributed by atoms with E-state index in [1.165, 1.54) is 67.2 Å². The Hall–Kier alpha value is -0.820. The summed E-state index contributed by atoms with van der Waals surface area (Å²) in [5.74, 6) is 0.275. The number of aryl methyl sites for hydroxylation is 3. The van der Waals surface area contributed by atoms with Crippen LogP contribution >= 0.6 is 0 Å². The highest BCUT2D eigenvalue weighted by Crippen LogP contribution is 2.32. The van der Waals surface area contributed by atoms with E-state index in [4.69, 9.17) is 0 Å².